The number of anilines is 2. The fourth-order valence-corrected chi connectivity index (χ4v) is 4.45. The molecule has 2 aromatic carbocycles. The molecule has 1 aromatic heterocycles. The molecule has 3 aromatic rings. The molecule has 0 saturated carbocycles. The highest BCUT2D eigenvalue weighted by Gasteiger charge is 2.31. The number of imidazole rings is 1. The number of hydrogen-bond acceptors (Lipinski definition) is 6. The molecule has 9 heteroatoms. The number of ether oxygens (including phenoxy) is 1. The van der Waals surface area contributed by atoms with Gasteiger partial charge in [0, 0.05) is 31.1 Å². The summed E-state index contributed by atoms with van der Waals surface area (Å²) in [5.74, 6) is 1.12. The van der Waals surface area contributed by atoms with Crippen LogP contribution in [0.2, 0.25) is 0 Å². The molecule has 1 amide bonds. The SMILES string of the molecule is O=C1OCCN1c1cc([N+](=O)[O-])ccc1N1CCCC(c2ncc(-c3ccccc3)[nH]2)C1. The van der Waals surface area contributed by atoms with Crippen LogP contribution in [0.4, 0.5) is 21.9 Å². The van der Waals surface area contributed by atoms with E-state index in [9.17, 15) is 14.9 Å². The van der Waals surface area contributed by atoms with Gasteiger partial charge in [0.1, 0.15) is 12.4 Å². The smallest absolute Gasteiger partial charge is 0.414 e. The molecule has 0 radical (unpaired) electrons. The van der Waals surface area contributed by atoms with Crippen molar-refractivity contribution in [3.8, 4) is 11.3 Å². The minimum atomic E-state index is -0.473. The summed E-state index contributed by atoms with van der Waals surface area (Å²) >= 11 is 0. The molecule has 0 spiro atoms. The van der Waals surface area contributed by atoms with Gasteiger partial charge in [-0.1, -0.05) is 30.3 Å². The van der Waals surface area contributed by atoms with Gasteiger partial charge in [-0.3, -0.25) is 15.0 Å². The maximum absolute atomic E-state index is 12.2. The van der Waals surface area contributed by atoms with Crippen molar-refractivity contribution in [1.82, 2.24) is 9.97 Å². The number of hydrogen-bond donors (Lipinski definition) is 1. The van der Waals surface area contributed by atoms with Gasteiger partial charge in [-0.05, 0) is 24.5 Å². The molecule has 1 unspecified atom stereocenters. The monoisotopic (exact) mass is 433 g/mol. The highest BCUT2D eigenvalue weighted by molar-refractivity contribution is 5.94. The minimum Gasteiger partial charge on any atom is -0.447 e. The molecular formula is C23H23N5O4. The number of aromatic nitrogens is 2. The molecule has 0 bridgehead atoms. The number of nitrogens with one attached hydrogen (secondary N) is 1. The van der Waals surface area contributed by atoms with Crippen LogP contribution in [0, 0.1) is 10.1 Å². The molecule has 5 rings (SSSR count). The van der Waals surface area contributed by atoms with Crippen LogP contribution >= 0.6 is 0 Å². The summed E-state index contributed by atoms with van der Waals surface area (Å²) in [4.78, 5) is 34.9. The molecular weight excluding hydrogens is 410 g/mol. The third kappa shape index (κ3) is 3.77. The molecule has 9 nitrogen and oxygen atoms in total. The Bertz CT molecular complexity index is 1150. The minimum absolute atomic E-state index is 0.0458. The summed E-state index contributed by atoms with van der Waals surface area (Å²) in [6.45, 7) is 2.16. The summed E-state index contributed by atoms with van der Waals surface area (Å²) in [5, 5.41) is 11.3. The van der Waals surface area contributed by atoms with Crippen molar-refractivity contribution in [2.24, 2.45) is 0 Å². The number of rotatable bonds is 5. The fraction of sp³-hybridized carbons (Fsp3) is 0.304. The molecule has 1 N–H and O–H groups in total. The molecule has 1 atom stereocenters. The number of H-pyrrole nitrogens is 1. The Morgan fingerprint density at radius 1 is 1.12 bits per heavy atom. The largest absolute Gasteiger partial charge is 0.447 e. The van der Waals surface area contributed by atoms with Crippen LogP contribution in [0.25, 0.3) is 11.3 Å². The van der Waals surface area contributed by atoms with Crippen molar-refractivity contribution < 1.29 is 14.5 Å². The zero-order valence-electron chi connectivity index (χ0n) is 17.4. The maximum atomic E-state index is 12.2. The lowest BCUT2D eigenvalue weighted by molar-refractivity contribution is -0.384. The van der Waals surface area contributed by atoms with Gasteiger partial charge in [0.05, 0.1) is 34.7 Å². The van der Waals surface area contributed by atoms with Gasteiger partial charge < -0.3 is 14.6 Å². The quantitative estimate of drug-likeness (QED) is 0.474. The molecule has 2 saturated heterocycles. The zero-order valence-corrected chi connectivity index (χ0v) is 17.4. The molecule has 0 aliphatic carbocycles. The molecule has 164 valence electrons. The van der Waals surface area contributed by atoms with E-state index in [0.29, 0.717) is 18.8 Å². The number of nitrogens with zero attached hydrogens (tertiary/aromatic N) is 4. The topological polar surface area (TPSA) is 105 Å². The Hall–Kier alpha value is -3.88. The average Bonchev–Trinajstić information content (AvgIpc) is 3.49. The molecule has 2 aliphatic heterocycles. The predicted octanol–water partition coefficient (Wildman–Crippen LogP) is 4.33. The third-order valence-corrected chi connectivity index (χ3v) is 6.05. The number of non-ortho nitro benzene ring substituents is 1. The summed E-state index contributed by atoms with van der Waals surface area (Å²) in [5.41, 5.74) is 3.34. The van der Waals surface area contributed by atoms with Gasteiger partial charge in [0.2, 0.25) is 0 Å². The number of nitro groups is 1. The standard InChI is InChI=1S/C23H23N5O4/c29-23-27(11-12-32-23)21-13-18(28(30)31)8-9-20(21)26-10-4-7-17(15-26)22-24-14-19(25-22)16-5-2-1-3-6-16/h1-3,5-6,8-9,13-14,17H,4,7,10-12,15H2,(H,24,25). The van der Waals surface area contributed by atoms with Crippen LogP contribution < -0.4 is 9.80 Å². The lowest BCUT2D eigenvalue weighted by Gasteiger charge is -2.35. The number of carbonyl (C=O) groups is 1. The van der Waals surface area contributed by atoms with E-state index < -0.39 is 11.0 Å². The molecule has 3 heterocycles. The van der Waals surface area contributed by atoms with E-state index in [2.05, 4.69) is 14.9 Å². The normalized spacial score (nSPS) is 18.6. The first kappa shape index (κ1) is 20.0. The van der Waals surface area contributed by atoms with Gasteiger partial charge in [-0.15, -0.1) is 0 Å². The summed E-state index contributed by atoms with van der Waals surface area (Å²) in [6, 6.07) is 14.8. The van der Waals surface area contributed by atoms with Gasteiger partial charge in [-0.2, -0.15) is 0 Å². The number of nitro benzene ring substituents is 1. The number of aromatic amines is 1. The van der Waals surface area contributed by atoms with E-state index in [4.69, 9.17) is 4.74 Å². The lowest BCUT2D eigenvalue weighted by Crippen LogP contribution is -2.36. The maximum Gasteiger partial charge on any atom is 0.414 e. The van der Waals surface area contributed by atoms with Gasteiger partial charge >= 0.3 is 6.09 Å². The van der Waals surface area contributed by atoms with Gasteiger partial charge in [-0.25, -0.2) is 9.78 Å². The Balaban J connectivity index is 1.43. The van der Waals surface area contributed by atoms with Crippen molar-refractivity contribution in [2.45, 2.75) is 18.8 Å². The average molecular weight is 433 g/mol. The van der Waals surface area contributed by atoms with Crippen LogP contribution in [0.15, 0.2) is 54.7 Å². The molecule has 32 heavy (non-hydrogen) atoms. The van der Waals surface area contributed by atoms with E-state index in [1.54, 1.807) is 6.07 Å². The number of piperidine rings is 1. The van der Waals surface area contributed by atoms with Crippen LogP contribution in [0.1, 0.15) is 24.6 Å². The number of carbonyl (C=O) groups excluding carboxylic acids is 1. The Morgan fingerprint density at radius 2 is 1.97 bits per heavy atom. The summed E-state index contributed by atoms with van der Waals surface area (Å²) in [6.07, 6.45) is 3.33. The highest BCUT2D eigenvalue weighted by atomic mass is 16.6. The summed E-state index contributed by atoms with van der Waals surface area (Å²) in [7, 11) is 0. The van der Waals surface area contributed by atoms with Crippen LogP contribution in [0.3, 0.4) is 0 Å². The molecule has 2 aliphatic rings. The van der Waals surface area contributed by atoms with Crippen molar-refractivity contribution in [3.63, 3.8) is 0 Å². The second-order valence-corrected chi connectivity index (χ2v) is 8.03. The Labute approximate surface area is 184 Å². The van der Waals surface area contributed by atoms with E-state index in [1.807, 2.05) is 36.5 Å². The van der Waals surface area contributed by atoms with E-state index in [-0.39, 0.29) is 18.2 Å². The van der Waals surface area contributed by atoms with Gasteiger partial charge in [0.15, 0.2) is 0 Å². The predicted molar refractivity (Wildman–Crippen MR) is 120 cm³/mol. The van der Waals surface area contributed by atoms with Crippen molar-refractivity contribution in [3.05, 3.63) is 70.7 Å². The second kappa shape index (κ2) is 8.33. The van der Waals surface area contributed by atoms with Crippen LogP contribution in [-0.2, 0) is 4.74 Å². The number of cyclic esters (lactones) is 1. The van der Waals surface area contributed by atoms with Crippen molar-refractivity contribution >= 4 is 23.2 Å². The van der Waals surface area contributed by atoms with E-state index >= 15 is 0 Å². The van der Waals surface area contributed by atoms with Crippen molar-refractivity contribution in [2.75, 3.05) is 36.0 Å². The first-order valence-corrected chi connectivity index (χ1v) is 10.7. The summed E-state index contributed by atoms with van der Waals surface area (Å²) < 4.78 is 5.08. The van der Waals surface area contributed by atoms with Gasteiger partial charge in [0.25, 0.3) is 5.69 Å². The van der Waals surface area contributed by atoms with Crippen LogP contribution in [0.5, 0.6) is 0 Å². The Kier molecular flexibility index (Phi) is 5.22. The first-order valence-electron chi connectivity index (χ1n) is 10.7. The lowest BCUT2D eigenvalue weighted by atomic mass is 9.96. The Morgan fingerprint density at radius 3 is 2.72 bits per heavy atom. The second-order valence-electron chi connectivity index (χ2n) is 8.03. The number of benzene rings is 2. The van der Waals surface area contributed by atoms with E-state index in [0.717, 1.165) is 42.2 Å². The van der Waals surface area contributed by atoms with Crippen LogP contribution in [-0.4, -0.2) is 47.2 Å². The number of amides is 1. The first-order chi connectivity index (χ1) is 15.6. The molecule has 2 fully saturated rings. The van der Waals surface area contributed by atoms with E-state index in [1.165, 1.54) is 17.0 Å². The zero-order chi connectivity index (χ0) is 22.1. The third-order valence-electron chi connectivity index (χ3n) is 6.05. The van der Waals surface area contributed by atoms with Crippen molar-refractivity contribution in [1.29, 1.82) is 0 Å². The highest BCUT2D eigenvalue weighted by Crippen LogP contribution is 2.38. The fourth-order valence-electron chi connectivity index (χ4n) is 4.45.